The molecule has 10 heteroatoms. The second kappa shape index (κ2) is 6.78. The van der Waals surface area contributed by atoms with Gasteiger partial charge in [0.2, 0.25) is 0 Å². The van der Waals surface area contributed by atoms with E-state index in [-0.39, 0.29) is 16.7 Å². The van der Waals surface area contributed by atoms with Gasteiger partial charge in [-0.05, 0) is 30.3 Å². The Morgan fingerprint density at radius 3 is 2.37 bits per heavy atom. The number of esters is 1. The fourth-order valence-corrected chi connectivity index (χ4v) is 2.32. The molecule has 27 heavy (non-hydrogen) atoms. The van der Waals surface area contributed by atoms with Crippen LogP contribution in [0, 0.1) is 11.6 Å². The molecule has 2 aromatic carbocycles. The average Bonchev–Trinajstić information content (AvgIpc) is 2.57. The van der Waals surface area contributed by atoms with E-state index in [1.807, 2.05) is 0 Å². The van der Waals surface area contributed by atoms with Crippen molar-refractivity contribution in [3.8, 4) is 0 Å². The van der Waals surface area contributed by atoms with E-state index in [1.165, 1.54) is 0 Å². The number of halogens is 5. The summed E-state index contributed by atoms with van der Waals surface area (Å²) in [5.41, 5.74) is -2.37. The molecule has 0 saturated heterocycles. The highest BCUT2D eigenvalue weighted by molar-refractivity contribution is 5.89. The van der Waals surface area contributed by atoms with Gasteiger partial charge in [0.15, 0.2) is 0 Å². The summed E-state index contributed by atoms with van der Waals surface area (Å²) in [5, 5.41) is -0.0784. The molecule has 0 aliphatic heterocycles. The van der Waals surface area contributed by atoms with Crippen LogP contribution in [0.3, 0.4) is 0 Å². The third-order valence-corrected chi connectivity index (χ3v) is 3.52. The summed E-state index contributed by atoms with van der Waals surface area (Å²) in [6.07, 6.45) is -4.62. The molecular weight excluding hydrogens is 375 g/mol. The molecule has 140 valence electrons. The molecule has 5 nitrogen and oxygen atoms in total. The van der Waals surface area contributed by atoms with Crippen LogP contribution in [0.4, 0.5) is 22.0 Å². The lowest BCUT2D eigenvalue weighted by Gasteiger charge is -2.08. The number of hydrogen-bond acceptors (Lipinski definition) is 4. The predicted molar refractivity (Wildman–Crippen MR) is 82.8 cm³/mol. The molecule has 0 unspecified atom stereocenters. The molecule has 0 atom stereocenters. The first-order valence-electron chi connectivity index (χ1n) is 7.37. The normalized spacial score (nSPS) is 11.6. The van der Waals surface area contributed by atoms with Crippen molar-refractivity contribution in [1.82, 2.24) is 9.97 Å². The van der Waals surface area contributed by atoms with Crippen molar-refractivity contribution in [3.05, 3.63) is 75.3 Å². The molecule has 1 aromatic heterocycles. The number of ether oxygens (including phenoxy) is 1. The number of carbonyl (C=O) groups excluding carboxylic acids is 1. The number of hydrogen-bond donors (Lipinski definition) is 1. The van der Waals surface area contributed by atoms with Crippen molar-refractivity contribution in [3.63, 3.8) is 0 Å². The van der Waals surface area contributed by atoms with Gasteiger partial charge in [-0.3, -0.25) is 4.79 Å². The van der Waals surface area contributed by atoms with E-state index < -0.39 is 47.1 Å². The maximum atomic E-state index is 13.1. The molecule has 0 bridgehead atoms. The largest absolute Gasteiger partial charge is 0.454 e. The molecule has 3 rings (SSSR count). The number of aromatic amines is 1. The highest BCUT2D eigenvalue weighted by Gasteiger charge is 2.30. The Hall–Kier alpha value is -3.30. The molecule has 0 aliphatic carbocycles. The van der Waals surface area contributed by atoms with Crippen molar-refractivity contribution in [2.75, 3.05) is 0 Å². The van der Waals surface area contributed by atoms with Crippen LogP contribution in [0.5, 0.6) is 0 Å². The third kappa shape index (κ3) is 4.10. The van der Waals surface area contributed by atoms with E-state index in [4.69, 9.17) is 4.74 Å². The SMILES string of the molecule is O=C(OCc1nc2cc(C(F)(F)F)ccc2c(=O)[nH]1)c1cc(F)cc(F)c1. The first kappa shape index (κ1) is 18.5. The number of carbonyl (C=O) groups is 1. The highest BCUT2D eigenvalue weighted by atomic mass is 19.4. The standard InChI is InChI=1S/C17H9F5N2O3/c18-10-3-8(4-11(19)6-10)16(26)27-7-14-23-13-5-9(17(20,21)22)1-2-12(13)15(25)24-14/h1-6H,7H2,(H,23,24,25). The van der Waals surface area contributed by atoms with Gasteiger partial charge in [-0.2, -0.15) is 13.2 Å². The minimum Gasteiger partial charge on any atom is -0.454 e. The molecule has 3 aromatic rings. The average molecular weight is 384 g/mol. The van der Waals surface area contributed by atoms with Gasteiger partial charge < -0.3 is 9.72 Å². The van der Waals surface area contributed by atoms with Crippen LogP contribution in [0.1, 0.15) is 21.7 Å². The van der Waals surface area contributed by atoms with E-state index in [2.05, 4.69) is 9.97 Å². The Labute approximate surface area is 147 Å². The van der Waals surface area contributed by atoms with E-state index in [0.717, 1.165) is 24.3 Å². The summed E-state index contributed by atoms with van der Waals surface area (Å²) in [6.45, 7) is -0.613. The van der Waals surface area contributed by atoms with Crippen LogP contribution < -0.4 is 5.56 Å². The van der Waals surface area contributed by atoms with Crippen molar-refractivity contribution < 1.29 is 31.5 Å². The van der Waals surface area contributed by atoms with Gasteiger partial charge in [-0.15, -0.1) is 0 Å². The van der Waals surface area contributed by atoms with Crippen LogP contribution in [0.15, 0.2) is 41.2 Å². The lowest BCUT2D eigenvalue weighted by Crippen LogP contribution is -2.15. The zero-order valence-corrected chi connectivity index (χ0v) is 13.2. The van der Waals surface area contributed by atoms with Gasteiger partial charge in [0.25, 0.3) is 5.56 Å². The molecule has 0 spiro atoms. The summed E-state index contributed by atoms with van der Waals surface area (Å²) in [4.78, 5) is 29.9. The Bertz CT molecular complexity index is 1070. The number of nitrogens with zero attached hydrogens (tertiary/aromatic N) is 1. The van der Waals surface area contributed by atoms with Crippen molar-refractivity contribution in [1.29, 1.82) is 0 Å². The molecule has 0 fully saturated rings. The van der Waals surface area contributed by atoms with Crippen molar-refractivity contribution >= 4 is 16.9 Å². The van der Waals surface area contributed by atoms with Gasteiger partial charge in [0.1, 0.15) is 24.1 Å². The monoisotopic (exact) mass is 384 g/mol. The number of benzene rings is 2. The maximum Gasteiger partial charge on any atom is 0.416 e. The van der Waals surface area contributed by atoms with Crippen LogP contribution in [0.25, 0.3) is 10.9 Å². The molecule has 1 N–H and O–H groups in total. The highest BCUT2D eigenvalue weighted by Crippen LogP contribution is 2.30. The summed E-state index contributed by atoms with van der Waals surface area (Å²) in [7, 11) is 0. The zero-order valence-electron chi connectivity index (χ0n) is 13.2. The van der Waals surface area contributed by atoms with E-state index in [9.17, 15) is 31.5 Å². The second-order valence-corrected chi connectivity index (χ2v) is 5.48. The fraction of sp³-hybridized carbons (Fsp3) is 0.118. The summed E-state index contributed by atoms with van der Waals surface area (Å²) < 4.78 is 69.4. The minimum atomic E-state index is -4.62. The predicted octanol–water partition coefficient (Wildman–Crippen LogP) is 3.58. The lowest BCUT2D eigenvalue weighted by molar-refractivity contribution is -0.137. The first-order valence-corrected chi connectivity index (χ1v) is 7.37. The van der Waals surface area contributed by atoms with E-state index in [0.29, 0.717) is 12.1 Å². The van der Waals surface area contributed by atoms with Crippen LogP contribution in [-0.2, 0) is 17.5 Å². The first-order chi connectivity index (χ1) is 12.6. The number of alkyl halides is 3. The Morgan fingerprint density at radius 2 is 1.74 bits per heavy atom. The topological polar surface area (TPSA) is 72.0 Å². The summed E-state index contributed by atoms with van der Waals surface area (Å²) >= 11 is 0. The maximum absolute atomic E-state index is 13.1. The van der Waals surface area contributed by atoms with E-state index in [1.54, 1.807) is 0 Å². The van der Waals surface area contributed by atoms with Crippen LogP contribution >= 0.6 is 0 Å². The van der Waals surface area contributed by atoms with Gasteiger partial charge in [-0.25, -0.2) is 18.6 Å². The molecule has 0 aliphatic rings. The lowest BCUT2D eigenvalue weighted by atomic mass is 10.1. The number of aromatic nitrogens is 2. The molecule has 0 amide bonds. The Kier molecular flexibility index (Phi) is 4.64. The quantitative estimate of drug-likeness (QED) is 0.554. The number of rotatable bonds is 3. The number of nitrogens with one attached hydrogen (secondary N) is 1. The van der Waals surface area contributed by atoms with Crippen molar-refractivity contribution in [2.45, 2.75) is 12.8 Å². The van der Waals surface area contributed by atoms with E-state index >= 15 is 0 Å². The summed E-state index contributed by atoms with van der Waals surface area (Å²) in [5.74, 6) is -3.30. The van der Waals surface area contributed by atoms with Gasteiger partial charge in [0, 0.05) is 6.07 Å². The molecule has 0 radical (unpaired) electrons. The molecule has 1 heterocycles. The smallest absolute Gasteiger partial charge is 0.416 e. The van der Waals surface area contributed by atoms with Crippen LogP contribution in [0.2, 0.25) is 0 Å². The van der Waals surface area contributed by atoms with Crippen LogP contribution in [-0.4, -0.2) is 15.9 Å². The van der Waals surface area contributed by atoms with Gasteiger partial charge in [0.05, 0.1) is 22.0 Å². The second-order valence-electron chi connectivity index (χ2n) is 5.48. The molecule has 0 saturated carbocycles. The molecular formula is C17H9F5N2O3. The van der Waals surface area contributed by atoms with Crippen molar-refractivity contribution in [2.24, 2.45) is 0 Å². The number of H-pyrrole nitrogens is 1. The Morgan fingerprint density at radius 1 is 1.07 bits per heavy atom. The van der Waals surface area contributed by atoms with Gasteiger partial charge in [-0.1, -0.05) is 0 Å². The minimum absolute atomic E-state index is 0.0784. The third-order valence-electron chi connectivity index (χ3n) is 3.52. The van der Waals surface area contributed by atoms with Gasteiger partial charge >= 0.3 is 12.1 Å². The number of fused-ring (bicyclic) bond motifs is 1. The Balaban J connectivity index is 1.86. The summed E-state index contributed by atoms with van der Waals surface area (Å²) in [6, 6.07) is 4.48. The fourth-order valence-electron chi connectivity index (χ4n) is 2.32. The zero-order chi connectivity index (χ0) is 19.8.